The molecule has 3 aromatic rings. The Morgan fingerprint density at radius 3 is 2.23 bits per heavy atom. The van der Waals surface area contributed by atoms with Crippen molar-refractivity contribution in [2.75, 3.05) is 28.4 Å². The number of aromatic nitrogens is 2. The Morgan fingerprint density at radius 1 is 0.933 bits per heavy atom. The lowest BCUT2D eigenvalue weighted by Crippen LogP contribution is -2.32. The molecule has 0 fully saturated rings. The summed E-state index contributed by atoms with van der Waals surface area (Å²) in [5.41, 5.74) is 0.948. The zero-order chi connectivity index (χ0) is 21.7. The first kappa shape index (κ1) is 21.0. The molecule has 1 amide bonds. The van der Waals surface area contributed by atoms with E-state index in [2.05, 4.69) is 10.3 Å². The predicted octanol–water partition coefficient (Wildman–Crippen LogP) is 1.75. The molecule has 0 atom stereocenters. The molecule has 30 heavy (non-hydrogen) atoms. The molecule has 3 rings (SSSR count). The van der Waals surface area contributed by atoms with Crippen LogP contribution in [0.3, 0.4) is 0 Å². The van der Waals surface area contributed by atoms with Crippen molar-refractivity contribution < 1.29 is 23.7 Å². The number of carbonyl (C=O) groups is 1. The van der Waals surface area contributed by atoms with Gasteiger partial charge < -0.3 is 24.3 Å². The third-order valence-electron chi connectivity index (χ3n) is 4.58. The van der Waals surface area contributed by atoms with Crippen molar-refractivity contribution in [2.45, 2.75) is 13.1 Å². The zero-order valence-corrected chi connectivity index (χ0v) is 17.2. The predicted molar refractivity (Wildman–Crippen MR) is 110 cm³/mol. The van der Waals surface area contributed by atoms with Crippen LogP contribution in [0.1, 0.15) is 5.56 Å². The van der Waals surface area contributed by atoms with Crippen molar-refractivity contribution >= 4 is 16.8 Å². The maximum absolute atomic E-state index is 12.8. The Balaban J connectivity index is 1.75. The van der Waals surface area contributed by atoms with Gasteiger partial charge in [0.15, 0.2) is 23.0 Å². The maximum Gasteiger partial charge on any atom is 0.261 e. The van der Waals surface area contributed by atoms with E-state index in [0.717, 1.165) is 5.56 Å². The molecule has 1 heterocycles. The van der Waals surface area contributed by atoms with E-state index in [1.54, 1.807) is 38.5 Å². The monoisotopic (exact) mass is 413 g/mol. The number of nitrogens with zero attached hydrogens (tertiary/aromatic N) is 2. The number of benzene rings is 2. The third kappa shape index (κ3) is 4.29. The summed E-state index contributed by atoms with van der Waals surface area (Å²) in [6.45, 7) is 0.114. The third-order valence-corrected chi connectivity index (χ3v) is 4.58. The van der Waals surface area contributed by atoms with Crippen LogP contribution in [0, 0.1) is 0 Å². The molecule has 0 aliphatic heterocycles. The molecular formula is C21H23N3O6. The SMILES string of the molecule is COc1ccc(CNC(=O)Cn2cnc3cc(OC)c(OC)cc3c2=O)cc1OC. The van der Waals surface area contributed by atoms with Gasteiger partial charge in [0.05, 0.1) is 45.7 Å². The van der Waals surface area contributed by atoms with Crippen LogP contribution in [-0.2, 0) is 17.9 Å². The van der Waals surface area contributed by atoms with Gasteiger partial charge in [-0.2, -0.15) is 0 Å². The number of hydrogen-bond donors (Lipinski definition) is 1. The van der Waals surface area contributed by atoms with Crippen LogP contribution in [0.25, 0.3) is 10.9 Å². The van der Waals surface area contributed by atoms with Crippen LogP contribution >= 0.6 is 0 Å². The fourth-order valence-electron chi connectivity index (χ4n) is 3.00. The van der Waals surface area contributed by atoms with E-state index in [4.69, 9.17) is 18.9 Å². The molecule has 0 aliphatic rings. The molecule has 9 nitrogen and oxygen atoms in total. The quantitative estimate of drug-likeness (QED) is 0.600. The number of nitrogens with one attached hydrogen (secondary N) is 1. The lowest BCUT2D eigenvalue weighted by atomic mass is 10.2. The fourth-order valence-corrected chi connectivity index (χ4v) is 3.00. The van der Waals surface area contributed by atoms with E-state index in [-0.39, 0.29) is 24.6 Å². The molecule has 0 saturated heterocycles. The highest BCUT2D eigenvalue weighted by atomic mass is 16.5. The smallest absolute Gasteiger partial charge is 0.261 e. The normalized spacial score (nSPS) is 10.5. The molecule has 0 bridgehead atoms. The highest BCUT2D eigenvalue weighted by Gasteiger charge is 2.13. The van der Waals surface area contributed by atoms with E-state index >= 15 is 0 Å². The van der Waals surface area contributed by atoms with E-state index in [0.29, 0.717) is 33.9 Å². The minimum Gasteiger partial charge on any atom is -0.493 e. The van der Waals surface area contributed by atoms with Gasteiger partial charge >= 0.3 is 0 Å². The summed E-state index contributed by atoms with van der Waals surface area (Å²) in [4.78, 5) is 29.4. The molecule has 0 unspecified atom stereocenters. The largest absolute Gasteiger partial charge is 0.493 e. The highest BCUT2D eigenvalue weighted by Crippen LogP contribution is 2.30. The van der Waals surface area contributed by atoms with Crippen molar-refractivity contribution in [3.8, 4) is 23.0 Å². The van der Waals surface area contributed by atoms with Crippen LogP contribution in [0.15, 0.2) is 41.5 Å². The molecule has 2 aromatic carbocycles. The van der Waals surface area contributed by atoms with Crippen molar-refractivity contribution in [3.05, 3.63) is 52.6 Å². The minimum atomic E-state index is -0.345. The molecule has 0 spiro atoms. The average molecular weight is 413 g/mol. The summed E-state index contributed by atoms with van der Waals surface area (Å²) in [7, 11) is 6.10. The number of carbonyl (C=O) groups excluding carboxylic acids is 1. The standard InChI is InChI=1S/C21H23N3O6/c1-27-16-6-5-13(7-17(16)28-2)10-22-20(25)11-24-12-23-15-9-19(30-4)18(29-3)8-14(15)21(24)26/h5-9,12H,10-11H2,1-4H3,(H,22,25). The Morgan fingerprint density at radius 2 is 1.57 bits per heavy atom. The first-order chi connectivity index (χ1) is 14.5. The van der Waals surface area contributed by atoms with Crippen LogP contribution < -0.4 is 29.8 Å². The Labute approximate surface area is 173 Å². The Kier molecular flexibility index (Phi) is 6.41. The summed E-state index contributed by atoms with van der Waals surface area (Å²) >= 11 is 0. The molecule has 1 N–H and O–H groups in total. The summed E-state index contributed by atoms with van der Waals surface area (Å²) in [5.74, 6) is 1.74. The Hall–Kier alpha value is -3.75. The second kappa shape index (κ2) is 9.17. The van der Waals surface area contributed by atoms with Crippen LogP contribution in [0.5, 0.6) is 23.0 Å². The average Bonchev–Trinajstić information content (AvgIpc) is 2.78. The van der Waals surface area contributed by atoms with Gasteiger partial charge in [0.1, 0.15) is 6.54 Å². The summed E-state index contributed by atoms with van der Waals surface area (Å²) in [5, 5.41) is 3.12. The van der Waals surface area contributed by atoms with Crippen LogP contribution in [-0.4, -0.2) is 43.9 Å². The maximum atomic E-state index is 12.8. The number of ether oxygens (including phenoxy) is 4. The van der Waals surface area contributed by atoms with Gasteiger partial charge in [0.25, 0.3) is 5.56 Å². The van der Waals surface area contributed by atoms with Gasteiger partial charge in [0.2, 0.25) is 5.91 Å². The van der Waals surface area contributed by atoms with E-state index < -0.39 is 0 Å². The van der Waals surface area contributed by atoms with Gasteiger partial charge in [-0.3, -0.25) is 14.2 Å². The minimum absolute atomic E-state index is 0.163. The number of fused-ring (bicyclic) bond motifs is 1. The lowest BCUT2D eigenvalue weighted by Gasteiger charge is -2.12. The van der Waals surface area contributed by atoms with Crippen LogP contribution in [0.4, 0.5) is 0 Å². The van der Waals surface area contributed by atoms with Gasteiger partial charge in [-0.1, -0.05) is 6.07 Å². The van der Waals surface area contributed by atoms with Crippen molar-refractivity contribution in [3.63, 3.8) is 0 Å². The Bertz CT molecular complexity index is 1130. The number of hydrogen-bond acceptors (Lipinski definition) is 7. The van der Waals surface area contributed by atoms with E-state index in [1.165, 1.54) is 25.1 Å². The zero-order valence-electron chi connectivity index (χ0n) is 17.2. The van der Waals surface area contributed by atoms with Crippen molar-refractivity contribution in [1.29, 1.82) is 0 Å². The second-order valence-electron chi connectivity index (χ2n) is 6.37. The second-order valence-corrected chi connectivity index (χ2v) is 6.37. The summed E-state index contributed by atoms with van der Waals surface area (Å²) in [6, 6.07) is 8.55. The van der Waals surface area contributed by atoms with Gasteiger partial charge in [-0.05, 0) is 23.8 Å². The van der Waals surface area contributed by atoms with Crippen LogP contribution in [0.2, 0.25) is 0 Å². The molecule has 1 aromatic heterocycles. The lowest BCUT2D eigenvalue weighted by molar-refractivity contribution is -0.121. The number of amides is 1. The molecule has 0 radical (unpaired) electrons. The van der Waals surface area contributed by atoms with Gasteiger partial charge in [0, 0.05) is 12.6 Å². The first-order valence-corrected chi connectivity index (χ1v) is 9.09. The molecule has 158 valence electrons. The van der Waals surface area contributed by atoms with Gasteiger partial charge in [-0.25, -0.2) is 4.98 Å². The summed E-state index contributed by atoms with van der Waals surface area (Å²) < 4.78 is 22.2. The van der Waals surface area contributed by atoms with Gasteiger partial charge in [-0.15, -0.1) is 0 Å². The summed E-state index contributed by atoms with van der Waals surface area (Å²) in [6.07, 6.45) is 1.34. The molecule has 0 aliphatic carbocycles. The molecule has 0 saturated carbocycles. The number of rotatable bonds is 8. The van der Waals surface area contributed by atoms with Crippen molar-refractivity contribution in [1.82, 2.24) is 14.9 Å². The first-order valence-electron chi connectivity index (χ1n) is 9.09. The molecule has 9 heteroatoms. The van der Waals surface area contributed by atoms with Crippen molar-refractivity contribution in [2.24, 2.45) is 0 Å². The highest BCUT2D eigenvalue weighted by molar-refractivity contribution is 5.82. The number of methoxy groups -OCH3 is 4. The molecular weight excluding hydrogens is 390 g/mol. The van der Waals surface area contributed by atoms with E-state index in [9.17, 15) is 9.59 Å². The fraction of sp³-hybridized carbons (Fsp3) is 0.286. The van der Waals surface area contributed by atoms with E-state index in [1.807, 2.05) is 6.07 Å². The topological polar surface area (TPSA) is 101 Å².